The number of nitrogens with zero attached hydrogens (tertiary/aromatic N) is 1. The first-order valence-electron chi connectivity index (χ1n) is 19.8. The molecular formula is C41H74NO8P. The van der Waals surface area contributed by atoms with Crippen molar-refractivity contribution in [2.75, 3.05) is 47.5 Å². The zero-order valence-electron chi connectivity index (χ0n) is 33.0. The number of allylic oxidation sites excluding steroid dienone is 8. The third kappa shape index (κ3) is 37.5. The van der Waals surface area contributed by atoms with Crippen LogP contribution in [0.5, 0.6) is 0 Å². The highest BCUT2D eigenvalue weighted by Gasteiger charge is 2.21. The van der Waals surface area contributed by atoms with E-state index in [0.717, 1.165) is 70.6 Å². The fourth-order valence-electron chi connectivity index (χ4n) is 5.00. The number of ether oxygens (including phenoxy) is 2. The van der Waals surface area contributed by atoms with Crippen molar-refractivity contribution >= 4 is 19.8 Å². The van der Waals surface area contributed by atoms with Gasteiger partial charge in [0.1, 0.15) is 19.8 Å². The molecule has 0 saturated carbocycles. The first-order chi connectivity index (χ1) is 24.5. The summed E-state index contributed by atoms with van der Waals surface area (Å²) >= 11 is 0. The minimum absolute atomic E-state index is 0.0368. The lowest BCUT2D eigenvalue weighted by atomic mass is 10.1. The minimum atomic E-state index is -4.62. The molecule has 0 aromatic heterocycles. The molecule has 2 atom stereocenters. The van der Waals surface area contributed by atoms with Gasteiger partial charge in [-0.25, -0.2) is 0 Å². The highest BCUT2D eigenvalue weighted by Crippen LogP contribution is 2.38. The zero-order chi connectivity index (χ0) is 37.9. The molecule has 0 rings (SSSR count). The fraction of sp³-hybridized carbons (Fsp3) is 0.756. The summed E-state index contributed by atoms with van der Waals surface area (Å²) < 4.78 is 33.7. The number of hydrogen-bond donors (Lipinski definition) is 0. The highest BCUT2D eigenvalue weighted by molar-refractivity contribution is 7.45. The molecule has 51 heavy (non-hydrogen) atoms. The molecule has 0 heterocycles. The van der Waals surface area contributed by atoms with E-state index in [1.807, 2.05) is 21.1 Å². The van der Waals surface area contributed by atoms with Crippen molar-refractivity contribution in [3.05, 3.63) is 48.6 Å². The summed E-state index contributed by atoms with van der Waals surface area (Å²) in [6, 6.07) is 0. The Morgan fingerprint density at radius 3 is 1.67 bits per heavy atom. The van der Waals surface area contributed by atoms with E-state index in [1.165, 1.54) is 44.9 Å². The third-order valence-corrected chi connectivity index (χ3v) is 9.08. The Morgan fingerprint density at radius 1 is 0.627 bits per heavy atom. The number of unbranched alkanes of at least 4 members (excludes halogenated alkanes) is 13. The van der Waals surface area contributed by atoms with Gasteiger partial charge in [0.15, 0.2) is 6.10 Å². The molecule has 0 aliphatic heterocycles. The maximum atomic E-state index is 12.6. The number of quaternary nitrogens is 1. The third-order valence-electron chi connectivity index (χ3n) is 8.11. The van der Waals surface area contributed by atoms with Gasteiger partial charge in [0.2, 0.25) is 0 Å². The number of esters is 2. The van der Waals surface area contributed by atoms with Crippen molar-refractivity contribution < 1.29 is 42.1 Å². The van der Waals surface area contributed by atoms with Gasteiger partial charge < -0.3 is 27.9 Å². The molecule has 0 aliphatic rings. The van der Waals surface area contributed by atoms with Crippen LogP contribution in [-0.4, -0.2) is 70.0 Å². The molecule has 10 heteroatoms. The molecular weight excluding hydrogens is 665 g/mol. The quantitative estimate of drug-likeness (QED) is 0.0208. The van der Waals surface area contributed by atoms with Gasteiger partial charge in [-0.2, -0.15) is 0 Å². The van der Waals surface area contributed by atoms with E-state index in [4.69, 9.17) is 18.5 Å². The summed E-state index contributed by atoms with van der Waals surface area (Å²) in [5.41, 5.74) is 0. The second kappa shape index (κ2) is 33.8. The number of rotatable bonds is 35. The normalized spacial score (nSPS) is 14.2. The molecule has 0 aromatic carbocycles. The lowest BCUT2D eigenvalue weighted by molar-refractivity contribution is -0.870. The number of hydrogen-bond acceptors (Lipinski definition) is 8. The average Bonchev–Trinajstić information content (AvgIpc) is 3.07. The maximum Gasteiger partial charge on any atom is 0.306 e. The lowest BCUT2D eigenvalue weighted by Gasteiger charge is -2.28. The maximum absolute atomic E-state index is 12.6. The van der Waals surface area contributed by atoms with Crippen molar-refractivity contribution in [3.8, 4) is 0 Å². The van der Waals surface area contributed by atoms with E-state index in [2.05, 4.69) is 62.5 Å². The number of phosphoric acid groups is 1. The van der Waals surface area contributed by atoms with Gasteiger partial charge in [-0.3, -0.25) is 14.2 Å². The molecule has 0 amide bonds. The molecule has 296 valence electrons. The van der Waals surface area contributed by atoms with Crippen LogP contribution >= 0.6 is 7.82 Å². The van der Waals surface area contributed by atoms with Crippen molar-refractivity contribution in [1.82, 2.24) is 0 Å². The topological polar surface area (TPSA) is 111 Å². The summed E-state index contributed by atoms with van der Waals surface area (Å²) in [7, 11) is 1.14. The van der Waals surface area contributed by atoms with E-state index in [1.54, 1.807) is 0 Å². The van der Waals surface area contributed by atoms with E-state index in [0.29, 0.717) is 17.4 Å². The van der Waals surface area contributed by atoms with Crippen LogP contribution in [0.25, 0.3) is 0 Å². The smallest absolute Gasteiger partial charge is 0.306 e. The number of carbonyl (C=O) groups is 2. The van der Waals surface area contributed by atoms with E-state index in [-0.39, 0.29) is 26.1 Å². The van der Waals surface area contributed by atoms with E-state index < -0.39 is 32.5 Å². The van der Waals surface area contributed by atoms with Gasteiger partial charge in [-0.1, -0.05) is 133 Å². The van der Waals surface area contributed by atoms with Crippen LogP contribution in [0.2, 0.25) is 0 Å². The Morgan fingerprint density at radius 2 is 1.12 bits per heavy atom. The minimum Gasteiger partial charge on any atom is -0.756 e. The summed E-state index contributed by atoms with van der Waals surface area (Å²) in [5.74, 6) is -0.867. The van der Waals surface area contributed by atoms with Gasteiger partial charge in [-0.15, -0.1) is 0 Å². The van der Waals surface area contributed by atoms with Crippen LogP contribution in [-0.2, 0) is 32.7 Å². The second-order valence-electron chi connectivity index (χ2n) is 14.3. The standard InChI is InChI=1S/C41H74NO8P/c1-6-8-10-12-14-16-18-19-20-21-22-23-24-26-28-30-32-34-41(44)50-39(38-49-51(45,46)48-36-35-42(3,4)5)37-47-40(43)33-31-29-27-25-17-15-13-11-9-7-2/h8,10,14,16,19-20,22-23,39H,6-7,9,11-13,15,17-18,21,24-38H2,1-5H3/b10-8-,16-14-,20-19-,23-22-. The summed E-state index contributed by atoms with van der Waals surface area (Å²) in [6.45, 7) is 4.05. The molecule has 0 fully saturated rings. The van der Waals surface area contributed by atoms with Crippen LogP contribution in [0.1, 0.15) is 149 Å². The van der Waals surface area contributed by atoms with Gasteiger partial charge in [0, 0.05) is 12.8 Å². The lowest BCUT2D eigenvalue weighted by Crippen LogP contribution is -2.37. The Kier molecular flexibility index (Phi) is 32.4. The molecule has 0 saturated heterocycles. The van der Waals surface area contributed by atoms with Crippen molar-refractivity contribution in [3.63, 3.8) is 0 Å². The van der Waals surface area contributed by atoms with Crippen molar-refractivity contribution in [2.24, 2.45) is 0 Å². The van der Waals surface area contributed by atoms with Crippen molar-refractivity contribution in [2.45, 2.75) is 155 Å². The predicted octanol–water partition coefficient (Wildman–Crippen LogP) is 10.1. The molecule has 0 aromatic rings. The van der Waals surface area contributed by atoms with Gasteiger partial charge in [0.05, 0.1) is 27.7 Å². The first kappa shape index (κ1) is 49.0. The molecule has 0 aliphatic carbocycles. The highest BCUT2D eigenvalue weighted by atomic mass is 31.2. The Balaban J connectivity index is 4.46. The molecule has 2 unspecified atom stereocenters. The zero-order valence-corrected chi connectivity index (χ0v) is 33.9. The van der Waals surface area contributed by atoms with Gasteiger partial charge in [0.25, 0.3) is 7.82 Å². The summed E-state index contributed by atoms with van der Waals surface area (Å²) in [4.78, 5) is 37.3. The fourth-order valence-corrected chi connectivity index (χ4v) is 5.73. The van der Waals surface area contributed by atoms with Crippen LogP contribution in [0.4, 0.5) is 0 Å². The second-order valence-corrected chi connectivity index (χ2v) is 15.7. The van der Waals surface area contributed by atoms with E-state index >= 15 is 0 Å². The monoisotopic (exact) mass is 740 g/mol. The Bertz CT molecular complexity index is 1020. The van der Waals surface area contributed by atoms with Crippen molar-refractivity contribution in [1.29, 1.82) is 0 Å². The van der Waals surface area contributed by atoms with Gasteiger partial charge >= 0.3 is 11.9 Å². The largest absolute Gasteiger partial charge is 0.756 e. The molecule has 0 N–H and O–H groups in total. The molecule has 0 spiro atoms. The Hall–Kier alpha value is -2.03. The van der Waals surface area contributed by atoms with Crippen LogP contribution < -0.4 is 4.89 Å². The van der Waals surface area contributed by atoms with Gasteiger partial charge in [-0.05, 0) is 51.4 Å². The molecule has 9 nitrogen and oxygen atoms in total. The molecule has 0 radical (unpaired) electrons. The number of phosphoric ester groups is 1. The van der Waals surface area contributed by atoms with Crippen LogP contribution in [0.3, 0.4) is 0 Å². The Labute approximate surface area is 312 Å². The predicted molar refractivity (Wildman–Crippen MR) is 208 cm³/mol. The first-order valence-corrected chi connectivity index (χ1v) is 21.3. The SMILES string of the molecule is CC/C=C\C/C=C\C/C=C\C/C=C\CCCCCCC(=O)OC(COC(=O)CCCCCCCCCCCC)COP(=O)([O-])OCC[N+](C)(C)C. The average molecular weight is 740 g/mol. The summed E-state index contributed by atoms with van der Waals surface area (Å²) in [5, 5.41) is 0. The summed E-state index contributed by atoms with van der Waals surface area (Å²) in [6.07, 6.45) is 37.1. The van der Waals surface area contributed by atoms with Crippen LogP contribution in [0.15, 0.2) is 48.6 Å². The number of carbonyl (C=O) groups excluding carboxylic acids is 2. The number of likely N-dealkylation sites (N-methyl/N-ethyl adjacent to an activating group) is 1. The van der Waals surface area contributed by atoms with E-state index in [9.17, 15) is 19.0 Å². The van der Waals surface area contributed by atoms with Crippen LogP contribution in [0, 0.1) is 0 Å². The molecule has 0 bridgehead atoms.